The predicted molar refractivity (Wildman–Crippen MR) is 103 cm³/mol. The smallest absolute Gasteiger partial charge is 0.234 e. The van der Waals surface area contributed by atoms with Crippen LogP contribution in [-0.2, 0) is 11.3 Å². The standard InChI is InChI=1S/C19H28N4OS/c1-12(2)20-18(24)9-22(5)10-19-21-17(11-25-19)16-8-13(3)23(14(16)4)15-6-7-15/h8,11-12,15H,6-7,9-10H2,1-5H3,(H,20,24). The normalized spacial score (nSPS) is 14.5. The van der Waals surface area contributed by atoms with Crippen molar-refractivity contribution in [2.45, 2.75) is 59.2 Å². The molecule has 136 valence electrons. The van der Waals surface area contributed by atoms with E-state index in [0.717, 1.165) is 10.7 Å². The van der Waals surface area contributed by atoms with Crippen LogP contribution >= 0.6 is 11.3 Å². The molecule has 0 atom stereocenters. The summed E-state index contributed by atoms with van der Waals surface area (Å²) in [4.78, 5) is 18.7. The van der Waals surface area contributed by atoms with E-state index in [1.165, 1.54) is 29.8 Å². The van der Waals surface area contributed by atoms with Crippen LogP contribution in [0.4, 0.5) is 0 Å². The van der Waals surface area contributed by atoms with E-state index in [9.17, 15) is 4.79 Å². The van der Waals surface area contributed by atoms with Gasteiger partial charge in [0.2, 0.25) is 5.91 Å². The number of thiazole rings is 1. The highest BCUT2D eigenvalue weighted by atomic mass is 32.1. The topological polar surface area (TPSA) is 50.2 Å². The third kappa shape index (κ3) is 4.30. The molecule has 0 saturated heterocycles. The summed E-state index contributed by atoms with van der Waals surface area (Å²) in [6.07, 6.45) is 2.59. The van der Waals surface area contributed by atoms with Crippen molar-refractivity contribution < 1.29 is 4.79 Å². The highest BCUT2D eigenvalue weighted by Gasteiger charge is 2.27. The van der Waals surface area contributed by atoms with E-state index >= 15 is 0 Å². The van der Waals surface area contributed by atoms with Crippen molar-refractivity contribution in [3.8, 4) is 11.3 Å². The molecule has 6 heteroatoms. The van der Waals surface area contributed by atoms with Gasteiger partial charge in [0.15, 0.2) is 0 Å². The van der Waals surface area contributed by atoms with Crippen LogP contribution < -0.4 is 5.32 Å². The lowest BCUT2D eigenvalue weighted by Gasteiger charge is -2.16. The molecule has 0 radical (unpaired) electrons. The monoisotopic (exact) mass is 360 g/mol. The van der Waals surface area contributed by atoms with Gasteiger partial charge in [-0.3, -0.25) is 9.69 Å². The molecule has 1 N–H and O–H groups in total. The summed E-state index contributed by atoms with van der Waals surface area (Å²) in [5, 5.41) is 6.11. The first-order chi connectivity index (χ1) is 11.8. The van der Waals surface area contributed by atoms with Crippen LogP contribution in [0.15, 0.2) is 11.4 Å². The maximum absolute atomic E-state index is 11.9. The number of amides is 1. The summed E-state index contributed by atoms with van der Waals surface area (Å²) in [6, 6.07) is 3.12. The van der Waals surface area contributed by atoms with E-state index in [1.807, 2.05) is 25.8 Å². The number of aromatic nitrogens is 2. The van der Waals surface area contributed by atoms with Gasteiger partial charge in [0.25, 0.3) is 0 Å². The summed E-state index contributed by atoms with van der Waals surface area (Å²) in [6.45, 7) is 9.41. The van der Waals surface area contributed by atoms with Gasteiger partial charge < -0.3 is 9.88 Å². The van der Waals surface area contributed by atoms with Gasteiger partial charge in [-0.1, -0.05) is 0 Å². The van der Waals surface area contributed by atoms with E-state index in [2.05, 4.69) is 35.2 Å². The first kappa shape index (κ1) is 18.1. The Bertz CT molecular complexity index is 758. The number of nitrogens with one attached hydrogen (secondary N) is 1. The van der Waals surface area contributed by atoms with Crippen molar-refractivity contribution in [3.05, 3.63) is 27.8 Å². The number of likely N-dealkylation sites (N-methyl/N-ethyl adjacent to an activating group) is 1. The maximum atomic E-state index is 11.9. The summed E-state index contributed by atoms with van der Waals surface area (Å²) in [5.74, 6) is 0.0576. The maximum Gasteiger partial charge on any atom is 0.234 e. The second-order valence-electron chi connectivity index (χ2n) is 7.41. The second-order valence-corrected chi connectivity index (χ2v) is 8.35. The van der Waals surface area contributed by atoms with Crippen LogP contribution in [0.1, 0.15) is 49.1 Å². The predicted octanol–water partition coefficient (Wildman–Crippen LogP) is 3.52. The largest absolute Gasteiger partial charge is 0.353 e. The fourth-order valence-electron chi connectivity index (χ4n) is 3.34. The van der Waals surface area contributed by atoms with Gasteiger partial charge in [-0.05, 0) is 53.7 Å². The molecular formula is C19H28N4OS. The molecule has 0 aliphatic heterocycles. The third-order valence-corrected chi connectivity index (χ3v) is 5.33. The fourth-order valence-corrected chi connectivity index (χ4v) is 4.21. The van der Waals surface area contributed by atoms with Crippen LogP contribution in [-0.4, -0.2) is 40.0 Å². The molecule has 0 spiro atoms. The summed E-state index contributed by atoms with van der Waals surface area (Å²) in [7, 11) is 1.96. The highest BCUT2D eigenvalue weighted by molar-refractivity contribution is 7.09. The third-order valence-electron chi connectivity index (χ3n) is 4.49. The first-order valence-electron chi connectivity index (χ1n) is 8.96. The zero-order chi connectivity index (χ0) is 18.1. The van der Waals surface area contributed by atoms with Gasteiger partial charge in [0.05, 0.1) is 18.8 Å². The molecule has 1 amide bonds. The number of carbonyl (C=O) groups excluding carboxylic acids is 1. The SMILES string of the molecule is Cc1cc(-c2csc(CN(C)CC(=O)NC(C)C)n2)c(C)n1C1CC1. The van der Waals surface area contributed by atoms with Crippen molar-refractivity contribution in [2.75, 3.05) is 13.6 Å². The van der Waals surface area contributed by atoms with E-state index in [-0.39, 0.29) is 11.9 Å². The fraction of sp³-hybridized carbons (Fsp3) is 0.579. The van der Waals surface area contributed by atoms with Gasteiger partial charge in [-0.15, -0.1) is 11.3 Å². The Balaban J connectivity index is 1.67. The number of nitrogens with zero attached hydrogens (tertiary/aromatic N) is 3. The quantitative estimate of drug-likeness (QED) is 0.822. The zero-order valence-electron chi connectivity index (χ0n) is 15.8. The lowest BCUT2D eigenvalue weighted by Crippen LogP contribution is -2.38. The molecule has 1 aliphatic rings. The minimum atomic E-state index is 0.0576. The number of carbonyl (C=O) groups is 1. The van der Waals surface area contributed by atoms with Crippen molar-refractivity contribution in [1.82, 2.24) is 19.8 Å². The molecule has 0 unspecified atom stereocenters. The molecule has 1 saturated carbocycles. The molecule has 0 bridgehead atoms. The van der Waals surface area contributed by atoms with Crippen LogP contribution in [0.25, 0.3) is 11.3 Å². The Morgan fingerprint density at radius 2 is 2.16 bits per heavy atom. The Morgan fingerprint density at radius 1 is 1.44 bits per heavy atom. The average molecular weight is 361 g/mol. The van der Waals surface area contributed by atoms with Crippen molar-refractivity contribution >= 4 is 17.2 Å². The van der Waals surface area contributed by atoms with E-state index < -0.39 is 0 Å². The first-order valence-corrected chi connectivity index (χ1v) is 9.84. The van der Waals surface area contributed by atoms with E-state index in [0.29, 0.717) is 19.1 Å². The van der Waals surface area contributed by atoms with E-state index in [4.69, 9.17) is 4.98 Å². The van der Waals surface area contributed by atoms with Gasteiger partial charge in [-0.25, -0.2) is 4.98 Å². The highest BCUT2D eigenvalue weighted by Crippen LogP contribution is 2.40. The number of aryl methyl sites for hydroxylation is 1. The molecule has 0 aromatic carbocycles. The van der Waals surface area contributed by atoms with Gasteiger partial charge in [0.1, 0.15) is 5.01 Å². The number of hydrogen-bond donors (Lipinski definition) is 1. The number of rotatable bonds is 7. The summed E-state index contributed by atoms with van der Waals surface area (Å²) < 4.78 is 2.46. The zero-order valence-corrected chi connectivity index (χ0v) is 16.6. The van der Waals surface area contributed by atoms with Crippen LogP contribution in [0.5, 0.6) is 0 Å². The van der Waals surface area contributed by atoms with Gasteiger partial charge in [-0.2, -0.15) is 0 Å². The number of hydrogen-bond acceptors (Lipinski definition) is 4. The van der Waals surface area contributed by atoms with Crippen molar-refractivity contribution in [3.63, 3.8) is 0 Å². The van der Waals surface area contributed by atoms with Crippen LogP contribution in [0.3, 0.4) is 0 Å². The Hall–Kier alpha value is -1.66. The molecule has 5 nitrogen and oxygen atoms in total. The minimum Gasteiger partial charge on any atom is -0.353 e. The Labute approximate surface area is 154 Å². The Morgan fingerprint density at radius 3 is 2.80 bits per heavy atom. The van der Waals surface area contributed by atoms with Gasteiger partial charge >= 0.3 is 0 Å². The second kappa shape index (κ2) is 7.30. The van der Waals surface area contributed by atoms with Crippen LogP contribution in [0.2, 0.25) is 0 Å². The molecule has 2 aromatic rings. The molecule has 2 aromatic heterocycles. The van der Waals surface area contributed by atoms with Crippen molar-refractivity contribution in [2.24, 2.45) is 0 Å². The lowest BCUT2D eigenvalue weighted by atomic mass is 10.2. The average Bonchev–Trinajstić information content (AvgIpc) is 3.14. The molecule has 2 heterocycles. The molecule has 3 rings (SSSR count). The molecule has 1 aliphatic carbocycles. The summed E-state index contributed by atoms with van der Waals surface area (Å²) in [5.41, 5.74) is 4.95. The molecule has 25 heavy (non-hydrogen) atoms. The molecular weight excluding hydrogens is 332 g/mol. The van der Waals surface area contributed by atoms with Crippen molar-refractivity contribution in [1.29, 1.82) is 0 Å². The van der Waals surface area contributed by atoms with Gasteiger partial charge in [0, 0.05) is 34.4 Å². The molecule has 1 fully saturated rings. The lowest BCUT2D eigenvalue weighted by molar-refractivity contribution is -0.122. The van der Waals surface area contributed by atoms with Crippen LogP contribution in [0, 0.1) is 13.8 Å². The minimum absolute atomic E-state index is 0.0576. The van der Waals surface area contributed by atoms with E-state index in [1.54, 1.807) is 11.3 Å². The Kier molecular flexibility index (Phi) is 5.29. The summed E-state index contributed by atoms with van der Waals surface area (Å²) >= 11 is 1.67.